The Morgan fingerprint density at radius 2 is 2.20 bits per heavy atom. The average Bonchev–Trinajstić information content (AvgIpc) is 3.24. The molecule has 124 valence electrons. The summed E-state index contributed by atoms with van der Waals surface area (Å²) in [4.78, 5) is 4.46. The fourth-order valence-corrected chi connectivity index (χ4v) is 3.28. The first kappa shape index (κ1) is 15.2. The third-order valence-corrected chi connectivity index (χ3v) is 4.44. The predicted octanol–water partition coefficient (Wildman–Crippen LogP) is 2.87. The Morgan fingerprint density at radius 1 is 1.36 bits per heavy atom. The summed E-state index contributed by atoms with van der Waals surface area (Å²) in [5.41, 5.74) is 10.7. The Labute approximate surface area is 144 Å². The average molecular weight is 333 g/mol. The van der Waals surface area contributed by atoms with Crippen molar-refractivity contribution >= 4 is 5.82 Å². The summed E-state index contributed by atoms with van der Waals surface area (Å²) >= 11 is 0. The Hall–Kier alpha value is -3.30. The van der Waals surface area contributed by atoms with Crippen LogP contribution in [0, 0.1) is 11.3 Å². The number of nitrogens with two attached hydrogens (primary N) is 1. The van der Waals surface area contributed by atoms with E-state index in [1.165, 1.54) is 0 Å². The van der Waals surface area contributed by atoms with Crippen molar-refractivity contribution in [1.82, 2.24) is 4.98 Å². The van der Waals surface area contributed by atoms with Crippen LogP contribution in [0.25, 0.3) is 22.6 Å². The third-order valence-electron chi connectivity index (χ3n) is 4.44. The molecule has 4 rings (SSSR count). The van der Waals surface area contributed by atoms with Crippen LogP contribution in [0.5, 0.6) is 5.75 Å². The predicted molar refractivity (Wildman–Crippen MR) is 91.8 cm³/mol. The van der Waals surface area contributed by atoms with Gasteiger partial charge < -0.3 is 20.0 Å². The Bertz CT molecular complexity index is 1030. The number of fused-ring (bicyclic) bond motifs is 3. The fraction of sp³-hybridized carbons (Fsp3) is 0.158. The van der Waals surface area contributed by atoms with E-state index in [0.29, 0.717) is 23.5 Å². The Morgan fingerprint density at radius 3 is 2.88 bits per heavy atom. The van der Waals surface area contributed by atoms with Crippen molar-refractivity contribution in [2.45, 2.75) is 13.0 Å². The van der Waals surface area contributed by atoms with E-state index < -0.39 is 0 Å². The summed E-state index contributed by atoms with van der Waals surface area (Å²) < 4.78 is 11.0. The molecule has 0 fully saturated rings. The second-order valence-corrected chi connectivity index (χ2v) is 5.81. The quantitative estimate of drug-likeness (QED) is 0.597. The first-order valence-corrected chi connectivity index (χ1v) is 7.76. The van der Waals surface area contributed by atoms with Gasteiger partial charge in [0, 0.05) is 17.5 Å². The minimum Gasteiger partial charge on any atom is -0.497 e. The van der Waals surface area contributed by atoms with E-state index in [0.717, 1.165) is 28.1 Å². The van der Waals surface area contributed by atoms with Crippen molar-refractivity contribution in [3.63, 3.8) is 0 Å². The van der Waals surface area contributed by atoms with Gasteiger partial charge in [-0.15, -0.1) is 0 Å². The van der Waals surface area contributed by atoms with Crippen molar-refractivity contribution in [1.29, 1.82) is 5.26 Å². The lowest BCUT2D eigenvalue weighted by Gasteiger charge is -2.10. The van der Waals surface area contributed by atoms with E-state index in [1.54, 1.807) is 19.2 Å². The van der Waals surface area contributed by atoms with Crippen LogP contribution in [0.3, 0.4) is 0 Å². The number of nitriles is 1. The molecule has 3 N–H and O–H groups in total. The molecule has 1 aromatic carbocycles. The molecule has 0 atom stereocenters. The minimum absolute atomic E-state index is 0.168. The van der Waals surface area contributed by atoms with E-state index in [2.05, 4.69) is 11.1 Å². The molecule has 0 bridgehead atoms. The van der Waals surface area contributed by atoms with E-state index in [4.69, 9.17) is 14.9 Å². The van der Waals surface area contributed by atoms with E-state index >= 15 is 0 Å². The lowest BCUT2D eigenvalue weighted by molar-refractivity contribution is 0.248. The molecule has 0 spiro atoms. The third kappa shape index (κ3) is 2.25. The molecule has 1 aliphatic rings. The van der Waals surface area contributed by atoms with Gasteiger partial charge in [0.1, 0.15) is 41.3 Å². The molecule has 2 aromatic heterocycles. The lowest BCUT2D eigenvalue weighted by Crippen LogP contribution is -2.02. The summed E-state index contributed by atoms with van der Waals surface area (Å²) in [6.07, 6.45) is 0.605. The topological polar surface area (TPSA) is 105 Å². The highest BCUT2D eigenvalue weighted by molar-refractivity contribution is 5.87. The van der Waals surface area contributed by atoms with Gasteiger partial charge in [-0.2, -0.15) is 5.26 Å². The molecule has 1 aliphatic carbocycles. The van der Waals surface area contributed by atoms with Crippen LogP contribution < -0.4 is 10.5 Å². The minimum atomic E-state index is -0.206. The zero-order valence-electron chi connectivity index (χ0n) is 13.5. The second kappa shape index (κ2) is 5.65. The van der Waals surface area contributed by atoms with Gasteiger partial charge in [0.2, 0.25) is 0 Å². The smallest absolute Gasteiger partial charge is 0.142 e. The molecule has 0 aliphatic heterocycles. The number of nitrogens with zero attached hydrogens (tertiary/aromatic N) is 2. The van der Waals surface area contributed by atoms with Crippen LogP contribution in [-0.4, -0.2) is 17.2 Å². The molecule has 6 heteroatoms. The molecule has 6 nitrogen and oxygen atoms in total. The lowest BCUT2D eigenvalue weighted by atomic mass is 9.98. The maximum Gasteiger partial charge on any atom is 0.142 e. The number of nitrogen functional groups attached to an aromatic ring is 1. The molecule has 0 saturated heterocycles. The number of aliphatic hydroxyl groups excluding tert-OH is 1. The number of hydrogen-bond acceptors (Lipinski definition) is 6. The van der Waals surface area contributed by atoms with Gasteiger partial charge in [-0.3, -0.25) is 0 Å². The number of aliphatic hydroxyl groups is 1. The summed E-state index contributed by atoms with van der Waals surface area (Å²) in [5, 5.41) is 18.8. The fourth-order valence-electron chi connectivity index (χ4n) is 3.28. The normalized spacial score (nSPS) is 11.7. The molecule has 25 heavy (non-hydrogen) atoms. The summed E-state index contributed by atoms with van der Waals surface area (Å²) in [6.45, 7) is -0.206. The van der Waals surface area contributed by atoms with Crippen molar-refractivity contribution < 1.29 is 14.3 Å². The second-order valence-electron chi connectivity index (χ2n) is 5.81. The SMILES string of the molecule is COc1ccc2c(c1)Cc1c-2nc(N)c(C#N)c1-c1ccc(CO)o1. The zero-order valence-corrected chi connectivity index (χ0v) is 13.5. The van der Waals surface area contributed by atoms with E-state index in [-0.39, 0.29) is 18.0 Å². The van der Waals surface area contributed by atoms with Gasteiger partial charge in [-0.25, -0.2) is 4.98 Å². The molecule has 0 radical (unpaired) electrons. The van der Waals surface area contributed by atoms with Gasteiger partial charge in [0.05, 0.1) is 12.8 Å². The van der Waals surface area contributed by atoms with E-state index in [9.17, 15) is 10.4 Å². The monoisotopic (exact) mass is 333 g/mol. The first-order chi connectivity index (χ1) is 12.2. The van der Waals surface area contributed by atoms with E-state index in [1.807, 2.05) is 18.2 Å². The van der Waals surface area contributed by atoms with Gasteiger partial charge in [-0.05, 0) is 41.5 Å². The largest absolute Gasteiger partial charge is 0.497 e. The molecular formula is C19H15N3O3. The standard InChI is InChI=1S/C19H15N3O3/c1-24-11-2-4-13-10(6-11)7-14-17(16-5-3-12(9-23)25-16)15(8-20)19(21)22-18(13)14/h2-6,23H,7,9H2,1H3,(H2,21,22). The molecule has 3 aromatic rings. The summed E-state index contributed by atoms with van der Waals surface area (Å²) in [6, 6.07) is 11.3. The zero-order chi connectivity index (χ0) is 17.6. The highest BCUT2D eigenvalue weighted by atomic mass is 16.5. The van der Waals surface area contributed by atoms with Crippen LogP contribution >= 0.6 is 0 Å². The van der Waals surface area contributed by atoms with Crippen molar-refractivity contribution in [3.05, 3.63) is 52.8 Å². The van der Waals surface area contributed by atoms with Crippen LogP contribution in [0.15, 0.2) is 34.7 Å². The number of hydrogen-bond donors (Lipinski definition) is 2. The number of aromatic nitrogens is 1. The molecular weight excluding hydrogens is 318 g/mol. The highest BCUT2D eigenvalue weighted by Gasteiger charge is 2.29. The number of ether oxygens (including phenoxy) is 1. The Kier molecular flexibility index (Phi) is 3.45. The van der Waals surface area contributed by atoms with Gasteiger partial charge in [0.15, 0.2) is 0 Å². The number of anilines is 1. The highest BCUT2D eigenvalue weighted by Crippen LogP contribution is 2.44. The first-order valence-electron chi connectivity index (χ1n) is 7.76. The summed E-state index contributed by atoms with van der Waals surface area (Å²) in [7, 11) is 1.62. The number of rotatable bonds is 3. The molecule has 0 amide bonds. The van der Waals surface area contributed by atoms with Crippen molar-refractivity contribution in [3.8, 4) is 34.4 Å². The molecule has 0 saturated carbocycles. The van der Waals surface area contributed by atoms with Gasteiger partial charge >= 0.3 is 0 Å². The molecule has 0 unspecified atom stereocenters. The Balaban J connectivity index is 1.97. The number of pyridine rings is 1. The maximum absolute atomic E-state index is 9.57. The van der Waals surface area contributed by atoms with Crippen LogP contribution in [-0.2, 0) is 13.0 Å². The van der Waals surface area contributed by atoms with Crippen LogP contribution in [0.4, 0.5) is 5.82 Å². The van der Waals surface area contributed by atoms with Gasteiger partial charge in [-0.1, -0.05) is 0 Å². The molecule has 2 heterocycles. The summed E-state index contributed by atoms with van der Waals surface area (Å²) in [5.74, 6) is 1.87. The van der Waals surface area contributed by atoms with Crippen molar-refractivity contribution in [2.75, 3.05) is 12.8 Å². The van der Waals surface area contributed by atoms with Crippen molar-refractivity contribution in [2.24, 2.45) is 0 Å². The number of furan rings is 1. The van der Waals surface area contributed by atoms with Crippen LogP contribution in [0.1, 0.15) is 22.5 Å². The van der Waals surface area contributed by atoms with Gasteiger partial charge in [0.25, 0.3) is 0 Å². The van der Waals surface area contributed by atoms with Crippen LogP contribution in [0.2, 0.25) is 0 Å². The number of methoxy groups -OCH3 is 1. The maximum atomic E-state index is 9.57. The number of benzene rings is 1.